The van der Waals surface area contributed by atoms with Crippen LogP contribution in [0, 0.1) is 6.92 Å². The first-order chi connectivity index (χ1) is 12.6. The average molecular weight is 348 g/mol. The number of pyridine rings is 1. The summed E-state index contributed by atoms with van der Waals surface area (Å²) in [4.78, 5) is 20.1. The summed E-state index contributed by atoms with van der Waals surface area (Å²) in [6.07, 6.45) is 5.26. The van der Waals surface area contributed by atoms with Gasteiger partial charge in [0.25, 0.3) is 5.91 Å². The molecule has 1 aromatic carbocycles. The quantitative estimate of drug-likeness (QED) is 0.790. The Kier molecular flexibility index (Phi) is 4.34. The monoisotopic (exact) mass is 348 g/mol. The smallest absolute Gasteiger partial charge is 0.264 e. The van der Waals surface area contributed by atoms with Crippen molar-refractivity contribution >= 4 is 16.8 Å². The van der Waals surface area contributed by atoms with E-state index in [-0.39, 0.29) is 5.91 Å². The number of rotatable bonds is 3. The van der Waals surface area contributed by atoms with Crippen LogP contribution in [0.25, 0.3) is 10.9 Å². The van der Waals surface area contributed by atoms with Gasteiger partial charge in [-0.3, -0.25) is 14.3 Å². The molecule has 0 radical (unpaired) electrons. The third-order valence-corrected chi connectivity index (χ3v) is 5.40. The van der Waals surface area contributed by atoms with Crippen LogP contribution in [0.15, 0.2) is 36.7 Å². The third kappa shape index (κ3) is 2.64. The Hall–Kier alpha value is -2.50. The van der Waals surface area contributed by atoms with E-state index in [0.29, 0.717) is 6.54 Å². The minimum atomic E-state index is 0.0101. The van der Waals surface area contributed by atoms with Gasteiger partial charge in [0, 0.05) is 36.6 Å². The highest BCUT2D eigenvalue weighted by molar-refractivity contribution is 6.04. The topological polar surface area (TPSA) is 64.1 Å². The van der Waals surface area contributed by atoms with Crippen molar-refractivity contribution in [3.63, 3.8) is 0 Å². The van der Waals surface area contributed by atoms with Gasteiger partial charge >= 0.3 is 0 Å². The molecule has 2 N–H and O–H groups in total. The molecule has 26 heavy (non-hydrogen) atoms. The average Bonchev–Trinajstić information content (AvgIpc) is 2.93. The maximum atomic E-state index is 13.5. The second kappa shape index (κ2) is 6.67. The molecule has 5 heteroatoms. The summed E-state index contributed by atoms with van der Waals surface area (Å²) < 4.78 is 1.84. The van der Waals surface area contributed by atoms with Crippen LogP contribution in [0.4, 0.5) is 0 Å². The van der Waals surface area contributed by atoms with Crippen LogP contribution in [0.3, 0.4) is 0 Å². The fourth-order valence-electron chi connectivity index (χ4n) is 4.10. The highest BCUT2D eigenvalue weighted by atomic mass is 16.2. The van der Waals surface area contributed by atoms with E-state index in [9.17, 15) is 4.79 Å². The molecular weight excluding hydrogens is 324 g/mol. The van der Waals surface area contributed by atoms with Gasteiger partial charge in [-0.2, -0.15) is 0 Å². The molecule has 5 nitrogen and oxygen atoms in total. The Labute approximate surface area is 153 Å². The van der Waals surface area contributed by atoms with E-state index in [1.165, 1.54) is 0 Å². The van der Waals surface area contributed by atoms with Crippen molar-refractivity contribution < 1.29 is 4.79 Å². The summed E-state index contributed by atoms with van der Waals surface area (Å²) in [5.41, 5.74) is 11.9. The number of carbonyl (C=O) groups is 1. The number of benzene rings is 1. The molecule has 0 unspecified atom stereocenters. The lowest BCUT2D eigenvalue weighted by atomic mass is 9.97. The van der Waals surface area contributed by atoms with Gasteiger partial charge < -0.3 is 10.6 Å². The Bertz CT molecular complexity index is 989. The molecule has 0 atom stereocenters. The lowest BCUT2D eigenvalue weighted by Gasteiger charge is -2.26. The standard InChI is InChI=1S/C21H24N4O/c1-14-16(7-9-22)18-5-3-4-6-20(18)25(14)21(26)19-12-23-11-15-13-24(2)10-8-17(15)19/h3-6,11-12H,7-10,13,22H2,1-2H3. The van der Waals surface area contributed by atoms with E-state index in [0.717, 1.165) is 64.8 Å². The molecule has 4 rings (SSSR count). The molecule has 2 aromatic heterocycles. The molecule has 3 aromatic rings. The molecule has 0 saturated heterocycles. The SMILES string of the molecule is Cc1c(CCN)c2ccccc2n1C(=O)c1cncc2c1CCN(C)C2. The van der Waals surface area contributed by atoms with Crippen molar-refractivity contribution in [3.8, 4) is 0 Å². The van der Waals surface area contributed by atoms with E-state index < -0.39 is 0 Å². The first-order valence-electron chi connectivity index (χ1n) is 9.09. The van der Waals surface area contributed by atoms with E-state index in [2.05, 4.69) is 23.0 Å². The zero-order chi connectivity index (χ0) is 18.3. The number of nitrogens with two attached hydrogens (primary N) is 1. The summed E-state index contributed by atoms with van der Waals surface area (Å²) in [5.74, 6) is 0.0101. The number of carbonyl (C=O) groups excluding carboxylic acids is 1. The predicted molar refractivity (Wildman–Crippen MR) is 103 cm³/mol. The van der Waals surface area contributed by atoms with E-state index in [1.54, 1.807) is 6.20 Å². The molecule has 0 fully saturated rings. The zero-order valence-corrected chi connectivity index (χ0v) is 15.3. The highest BCUT2D eigenvalue weighted by Gasteiger charge is 2.24. The number of fused-ring (bicyclic) bond motifs is 2. The van der Waals surface area contributed by atoms with Crippen LogP contribution >= 0.6 is 0 Å². The van der Waals surface area contributed by atoms with Gasteiger partial charge in [-0.05, 0) is 56.1 Å². The normalized spacial score (nSPS) is 14.6. The van der Waals surface area contributed by atoms with Crippen LogP contribution in [0.5, 0.6) is 0 Å². The van der Waals surface area contributed by atoms with Gasteiger partial charge in [0.1, 0.15) is 0 Å². The van der Waals surface area contributed by atoms with Crippen LogP contribution in [0.1, 0.15) is 32.7 Å². The fourth-order valence-corrected chi connectivity index (χ4v) is 4.10. The second-order valence-corrected chi connectivity index (χ2v) is 7.07. The number of likely N-dealkylation sites (N-methyl/N-ethyl adjacent to an activating group) is 1. The van der Waals surface area contributed by atoms with Crippen LogP contribution in [-0.4, -0.2) is 40.5 Å². The number of nitrogens with zero attached hydrogens (tertiary/aromatic N) is 3. The molecule has 1 aliphatic heterocycles. The number of hydrogen-bond acceptors (Lipinski definition) is 4. The van der Waals surface area contributed by atoms with Gasteiger partial charge in [-0.25, -0.2) is 0 Å². The fraction of sp³-hybridized carbons (Fsp3) is 0.333. The molecule has 0 saturated carbocycles. The number of para-hydroxylation sites is 1. The Balaban J connectivity index is 1.88. The van der Waals surface area contributed by atoms with Crippen molar-refractivity contribution in [2.75, 3.05) is 20.1 Å². The molecular formula is C21H24N4O. The lowest BCUT2D eigenvalue weighted by Crippen LogP contribution is -2.29. The van der Waals surface area contributed by atoms with E-state index >= 15 is 0 Å². The van der Waals surface area contributed by atoms with Crippen LogP contribution in [-0.2, 0) is 19.4 Å². The van der Waals surface area contributed by atoms with Crippen molar-refractivity contribution in [1.82, 2.24) is 14.5 Å². The Morgan fingerprint density at radius 1 is 1.27 bits per heavy atom. The van der Waals surface area contributed by atoms with Gasteiger partial charge in [0.15, 0.2) is 0 Å². The van der Waals surface area contributed by atoms with E-state index in [1.807, 2.05) is 35.9 Å². The second-order valence-electron chi connectivity index (χ2n) is 7.07. The van der Waals surface area contributed by atoms with Crippen molar-refractivity contribution in [3.05, 3.63) is 64.6 Å². The van der Waals surface area contributed by atoms with Crippen molar-refractivity contribution in [2.45, 2.75) is 26.3 Å². The summed E-state index contributed by atoms with van der Waals surface area (Å²) in [6.45, 7) is 4.38. The van der Waals surface area contributed by atoms with Gasteiger partial charge in [0.2, 0.25) is 0 Å². The van der Waals surface area contributed by atoms with E-state index in [4.69, 9.17) is 5.73 Å². The summed E-state index contributed by atoms with van der Waals surface area (Å²) in [6, 6.07) is 8.07. The Morgan fingerprint density at radius 3 is 2.88 bits per heavy atom. The van der Waals surface area contributed by atoms with Crippen LogP contribution in [0.2, 0.25) is 0 Å². The third-order valence-electron chi connectivity index (χ3n) is 5.40. The lowest BCUT2D eigenvalue weighted by molar-refractivity contribution is 0.0960. The predicted octanol–water partition coefficient (Wildman–Crippen LogP) is 2.52. The first kappa shape index (κ1) is 16.9. The zero-order valence-electron chi connectivity index (χ0n) is 15.3. The van der Waals surface area contributed by atoms with Gasteiger partial charge in [-0.1, -0.05) is 18.2 Å². The largest absolute Gasteiger partial charge is 0.330 e. The molecule has 134 valence electrons. The maximum absolute atomic E-state index is 13.5. The van der Waals surface area contributed by atoms with Crippen LogP contribution < -0.4 is 5.73 Å². The summed E-state index contributed by atoms with van der Waals surface area (Å²) >= 11 is 0. The molecule has 0 amide bonds. The molecule has 1 aliphatic rings. The minimum absolute atomic E-state index is 0.0101. The maximum Gasteiger partial charge on any atom is 0.264 e. The summed E-state index contributed by atoms with van der Waals surface area (Å²) in [5, 5.41) is 1.11. The molecule has 0 aliphatic carbocycles. The molecule has 0 bridgehead atoms. The number of hydrogen-bond donors (Lipinski definition) is 1. The van der Waals surface area contributed by atoms with Gasteiger partial charge in [-0.15, -0.1) is 0 Å². The minimum Gasteiger partial charge on any atom is -0.330 e. The van der Waals surface area contributed by atoms with Crippen molar-refractivity contribution in [2.24, 2.45) is 5.73 Å². The Morgan fingerprint density at radius 2 is 2.08 bits per heavy atom. The summed E-state index contributed by atoms with van der Waals surface area (Å²) in [7, 11) is 2.10. The number of aromatic nitrogens is 2. The molecule has 0 spiro atoms. The van der Waals surface area contributed by atoms with Gasteiger partial charge in [0.05, 0.1) is 11.1 Å². The first-order valence-corrected chi connectivity index (χ1v) is 9.09. The molecule has 3 heterocycles. The van der Waals surface area contributed by atoms with Crippen molar-refractivity contribution in [1.29, 1.82) is 0 Å². The highest BCUT2D eigenvalue weighted by Crippen LogP contribution is 2.29.